The molecule has 0 bridgehead atoms. The van der Waals surface area contributed by atoms with Gasteiger partial charge in [0.2, 0.25) is 5.91 Å². The quantitative estimate of drug-likeness (QED) is 0.869. The van der Waals surface area contributed by atoms with Gasteiger partial charge in [0.1, 0.15) is 0 Å². The van der Waals surface area contributed by atoms with Crippen LogP contribution < -0.4 is 11.1 Å². The fraction of sp³-hybridized carbons (Fsp3) is 0.533. The Morgan fingerprint density at radius 1 is 1.47 bits per heavy atom. The van der Waals surface area contributed by atoms with Crippen molar-refractivity contribution >= 4 is 11.6 Å². The zero-order valence-corrected chi connectivity index (χ0v) is 11.7. The van der Waals surface area contributed by atoms with Crippen molar-refractivity contribution < 1.29 is 4.79 Å². The molecule has 1 saturated heterocycles. The van der Waals surface area contributed by atoms with Crippen LogP contribution in [0.5, 0.6) is 0 Å². The minimum atomic E-state index is 0.0380. The van der Waals surface area contributed by atoms with E-state index in [-0.39, 0.29) is 11.9 Å². The molecular weight excluding hydrogens is 238 g/mol. The Labute approximate surface area is 115 Å². The minimum absolute atomic E-state index is 0.0380. The molecule has 1 aromatic rings. The van der Waals surface area contributed by atoms with Crippen LogP contribution in [0.1, 0.15) is 18.9 Å². The molecule has 3 N–H and O–H groups in total. The second-order valence-electron chi connectivity index (χ2n) is 5.53. The largest absolute Gasteiger partial charge is 0.326 e. The number of amides is 1. The molecule has 1 heterocycles. The van der Waals surface area contributed by atoms with Crippen LogP contribution in [-0.4, -0.2) is 36.5 Å². The average Bonchev–Trinajstić information content (AvgIpc) is 2.37. The maximum atomic E-state index is 12.0. The lowest BCUT2D eigenvalue weighted by molar-refractivity contribution is -0.117. The summed E-state index contributed by atoms with van der Waals surface area (Å²) in [7, 11) is 0. The Bertz CT molecular complexity index is 447. The number of nitrogens with one attached hydrogen (secondary N) is 1. The molecule has 4 nitrogen and oxygen atoms in total. The van der Waals surface area contributed by atoms with Gasteiger partial charge >= 0.3 is 0 Å². The number of carbonyl (C=O) groups is 1. The molecular formula is C15H23N3O. The molecule has 1 fully saturated rings. The Balaban J connectivity index is 1.87. The van der Waals surface area contributed by atoms with Gasteiger partial charge < -0.3 is 11.1 Å². The zero-order chi connectivity index (χ0) is 13.8. The van der Waals surface area contributed by atoms with E-state index in [1.165, 1.54) is 0 Å². The van der Waals surface area contributed by atoms with Crippen molar-refractivity contribution in [2.75, 3.05) is 25.0 Å². The highest BCUT2D eigenvalue weighted by Crippen LogP contribution is 2.16. The molecule has 1 aromatic carbocycles. The van der Waals surface area contributed by atoms with E-state index in [0.717, 1.165) is 30.8 Å². The molecule has 1 amide bonds. The van der Waals surface area contributed by atoms with E-state index in [9.17, 15) is 4.79 Å². The summed E-state index contributed by atoms with van der Waals surface area (Å²) in [5.74, 6) is 0.590. The van der Waals surface area contributed by atoms with Crippen LogP contribution in [0.4, 0.5) is 5.69 Å². The molecule has 2 unspecified atom stereocenters. The van der Waals surface area contributed by atoms with E-state index in [0.29, 0.717) is 12.5 Å². The number of hydrogen-bond donors (Lipinski definition) is 2. The monoisotopic (exact) mass is 261 g/mol. The second kappa shape index (κ2) is 6.17. The fourth-order valence-corrected chi connectivity index (χ4v) is 2.42. The molecule has 0 radical (unpaired) electrons. The molecule has 0 saturated carbocycles. The summed E-state index contributed by atoms with van der Waals surface area (Å²) in [6.07, 6.45) is 1.07. The first-order chi connectivity index (χ1) is 9.06. The summed E-state index contributed by atoms with van der Waals surface area (Å²) in [4.78, 5) is 14.2. The highest BCUT2D eigenvalue weighted by molar-refractivity contribution is 5.92. The zero-order valence-electron chi connectivity index (χ0n) is 11.7. The van der Waals surface area contributed by atoms with E-state index in [1.807, 2.05) is 31.2 Å². The van der Waals surface area contributed by atoms with Gasteiger partial charge in [0.05, 0.1) is 6.54 Å². The first-order valence-corrected chi connectivity index (χ1v) is 6.89. The van der Waals surface area contributed by atoms with Crippen molar-refractivity contribution in [1.29, 1.82) is 0 Å². The number of rotatable bonds is 3. The van der Waals surface area contributed by atoms with E-state index in [2.05, 4.69) is 17.1 Å². The van der Waals surface area contributed by atoms with Gasteiger partial charge in [-0.2, -0.15) is 0 Å². The Hall–Kier alpha value is -1.39. The number of nitrogens with zero attached hydrogens (tertiary/aromatic N) is 1. The average molecular weight is 261 g/mol. The Morgan fingerprint density at radius 2 is 2.21 bits per heavy atom. The van der Waals surface area contributed by atoms with Crippen molar-refractivity contribution in [2.24, 2.45) is 11.7 Å². The molecule has 104 valence electrons. The number of nitrogens with two attached hydrogens (primary N) is 1. The van der Waals surface area contributed by atoms with Gasteiger partial charge in [-0.1, -0.05) is 25.1 Å². The lowest BCUT2D eigenvalue weighted by atomic mass is 9.94. The molecule has 2 atom stereocenters. The number of para-hydroxylation sites is 1. The van der Waals surface area contributed by atoms with E-state index in [1.54, 1.807) is 0 Å². The van der Waals surface area contributed by atoms with Gasteiger partial charge in [0, 0.05) is 18.3 Å². The van der Waals surface area contributed by atoms with Crippen molar-refractivity contribution in [1.82, 2.24) is 4.90 Å². The summed E-state index contributed by atoms with van der Waals surface area (Å²) in [5.41, 5.74) is 8.02. The number of aryl methyl sites for hydroxylation is 1. The smallest absolute Gasteiger partial charge is 0.238 e. The maximum Gasteiger partial charge on any atom is 0.238 e. The van der Waals surface area contributed by atoms with Gasteiger partial charge in [-0.05, 0) is 37.4 Å². The predicted molar refractivity (Wildman–Crippen MR) is 78.0 cm³/mol. The van der Waals surface area contributed by atoms with Crippen LogP contribution in [0, 0.1) is 12.8 Å². The normalized spacial score (nSPS) is 24.2. The molecule has 0 aromatic heterocycles. The van der Waals surface area contributed by atoms with E-state index < -0.39 is 0 Å². The lowest BCUT2D eigenvalue weighted by Gasteiger charge is -2.34. The predicted octanol–water partition coefficient (Wildman–Crippen LogP) is 1.60. The van der Waals surface area contributed by atoms with E-state index >= 15 is 0 Å². The molecule has 0 spiro atoms. The standard InChI is InChI=1S/C15H23N3O/c1-11-7-8-18(9-13(11)16)10-15(19)17-14-6-4-3-5-12(14)2/h3-6,11,13H,7-10,16H2,1-2H3,(H,17,19). The van der Waals surface area contributed by atoms with Crippen LogP contribution in [0.3, 0.4) is 0 Å². The number of benzene rings is 1. The SMILES string of the molecule is Cc1ccccc1NC(=O)CN1CCC(C)C(N)C1. The van der Waals surface area contributed by atoms with Gasteiger partial charge in [-0.25, -0.2) is 0 Å². The molecule has 2 rings (SSSR count). The highest BCUT2D eigenvalue weighted by Gasteiger charge is 2.24. The van der Waals surface area contributed by atoms with Crippen molar-refractivity contribution in [2.45, 2.75) is 26.3 Å². The first kappa shape index (κ1) is 14.0. The molecule has 4 heteroatoms. The van der Waals surface area contributed by atoms with Crippen LogP contribution >= 0.6 is 0 Å². The van der Waals surface area contributed by atoms with Gasteiger partial charge in [0.15, 0.2) is 0 Å². The molecule has 0 aliphatic carbocycles. The fourth-order valence-electron chi connectivity index (χ4n) is 2.42. The summed E-state index contributed by atoms with van der Waals surface area (Å²) < 4.78 is 0. The van der Waals surface area contributed by atoms with Crippen molar-refractivity contribution in [3.05, 3.63) is 29.8 Å². The Morgan fingerprint density at radius 3 is 2.89 bits per heavy atom. The van der Waals surface area contributed by atoms with Crippen LogP contribution in [-0.2, 0) is 4.79 Å². The van der Waals surface area contributed by atoms with Gasteiger partial charge in [-0.3, -0.25) is 9.69 Å². The third kappa shape index (κ3) is 3.78. The van der Waals surface area contributed by atoms with Crippen molar-refractivity contribution in [3.8, 4) is 0 Å². The summed E-state index contributed by atoms with van der Waals surface area (Å²) in [6, 6.07) is 8.00. The number of carbonyl (C=O) groups excluding carboxylic acids is 1. The van der Waals surface area contributed by atoms with Crippen LogP contribution in [0.25, 0.3) is 0 Å². The third-order valence-electron chi connectivity index (χ3n) is 3.89. The first-order valence-electron chi connectivity index (χ1n) is 6.89. The molecule has 1 aliphatic heterocycles. The number of hydrogen-bond acceptors (Lipinski definition) is 3. The van der Waals surface area contributed by atoms with Crippen LogP contribution in [0.15, 0.2) is 24.3 Å². The summed E-state index contributed by atoms with van der Waals surface area (Å²) in [5, 5.41) is 2.96. The number of likely N-dealkylation sites (tertiary alicyclic amines) is 1. The maximum absolute atomic E-state index is 12.0. The number of piperidine rings is 1. The second-order valence-corrected chi connectivity index (χ2v) is 5.53. The molecule has 19 heavy (non-hydrogen) atoms. The van der Waals surface area contributed by atoms with Crippen LogP contribution in [0.2, 0.25) is 0 Å². The number of anilines is 1. The topological polar surface area (TPSA) is 58.4 Å². The lowest BCUT2D eigenvalue weighted by Crippen LogP contribution is -2.49. The highest BCUT2D eigenvalue weighted by atomic mass is 16.2. The summed E-state index contributed by atoms with van der Waals surface area (Å²) in [6.45, 7) is 6.36. The third-order valence-corrected chi connectivity index (χ3v) is 3.89. The minimum Gasteiger partial charge on any atom is -0.326 e. The molecule has 1 aliphatic rings. The van der Waals surface area contributed by atoms with E-state index in [4.69, 9.17) is 5.73 Å². The summed E-state index contributed by atoms with van der Waals surface area (Å²) >= 11 is 0. The van der Waals surface area contributed by atoms with Gasteiger partial charge in [-0.15, -0.1) is 0 Å². The van der Waals surface area contributed by atoms with Gasteiger partial charge in [0.25, 0.3) is 0 Å². The Kier molecular flexibility index (Phi) is 4.56. The van der Waals surface area contributed by atoms with Crippen molar-refractivity contribution in [3.63, 3.8) is 0 Å².